The molecule has 1 aliphatic carbocycles. The van der Waals surface area contributed by atoms with E-state index in [1.807, 2.05) is 0 Å². The van der Waals surface area contributed by atoms with Crippen LogP contribution in [0.4, 0.5) is 31.1 Å². The van der Waals surface area contributed by atoms with Crippen LogP contribution in [-0.4, -0.2) is 22.0 Å². The third-order valence-electron chi connectivity index (χ3n) is 3.69. The van der Waals surface area contributed by atoms with Crippen LogP contribution >= 0.6 is 0 Å². The number of ether oxygens (including phenoxy) is 1. The Hall–Kier alpha value is -2.72. The summed E-state index contributed by atoms with van der Waals surface area (Å²) in [5.74, 6) is -5.14. The maximum Gasteiger partial charge on any atom is 0.511 e. The maximum atomic E-state index is 13.8. The predicted octanol–water partition coefficient (Wildman–Crippen LogP) is 3.64. The van der Waals surface area contributed by atoms with E-state index in [4.69, 9.17) is 5.11 Å². The molecule has 2 aromatic rings. The summed E-state index contributed by atoms with van der Waals surface area (Å²) in [6.07, 6.45) is -8.60. The molecular formula is C14H7F6NO4. The van der Waals surface area contributed by atoms with Crippen LogP contribution < -0.4 is 10.2 Å². The lowest BCUT2D eigenvalue weighted by Gasteiger charge is -2.18. The number of hydrogen-bond donors (Lipinski definition) is 1. The van der Waals surface area contributed by atoms with Crippen molar-refractivity contribution >= 4 is 17.1 Å². The molecule has 1 aromatic heterocycles. The highest BCUT2D eigenvalue weighted by Gasteiger charge is 2.44. The van der Waals surface area contributed by atoms with E-state index in [0.717, 1.165) is 0 Å². The van der Waals surface area contributed by atoms with Gasteiger partial charge in [0, 0.05) is 6.42 Å². The van der Waals surface area contributed by atoms with E-state index in [2.05, 4.69) is 4.74 Å². The topological polar surface area (TPSA) is 68.5 Å². The summed E-state index contributed by atoms with van der Waals surface area (Å²) < 4.78 is 85.2. The van der Waals surface area contributed by atoms with Crippen LogP contribution in [0, 0.1) is 11.6 Å². The summed E-state index contributed by atoms with van der Waals surface area (Å²) in [7, 11) is 0. The zero-order chi connectivity index (χ0) is 18.7. The maximum absolute atomic E-state index is 13.8. The molecule has 0 amide bonds. The van der Waals surface area contributed by atoms with Gasteiger partial charge in [0.05, 0.1) is 23.1 Å². The second kappa shape index (κ2) is 5.39. The molecule has 1 aliphatic rings. The fraction of sp³-hybridized carbons (Fsp3) is 0.286. The van der Waals surface area contributed by atoms with Gasteiger partial charge in [-0.3, -0.25) is 4.79 Å². The lowest BCUT2D eigenvalue weighted by molar-refractivity contribution is -0.139. The van der Waals surface area contributed by atoms with Gasteiger partial charge in [0.2, 0.25) is 5.43 Å². The van der Waals surface area contributed by atoms with Crippen LogP contribution in [0.5, 0.6) is 5.75 Å². The molecule has 0 spiro atoms. The number of nitrogens with zero attached hydrogens (tertiary/aromatic N) is 1. The third kappa shape index (κ3) is 2.79. The number of benzene rings is 1. The van der Waals surface area contributed by atoms with Crippen molar-refractivity contribution in [3.8, 4) is 5.75 Å². The van der Waals surface area contributed by atoms with Crippen molar-refractivity contribution in [1.29, 1.82) is 0 Å². The van der Waals surface area contributed by atoms with Gasteiger partial charge in [-0.2, -0.15) is 13.2 Å². The van der Waals surface area contributed by atoms with Gasteiger partial charge in [0.25, 0.3) is 0 Å². The van der Waals surface area contributed by atoms with Crippen molar-refractivity contribution in [2.45, 2.75) is 24.8 Å². The summed E-state index contributed by atoms with van der Waals surface area (Å²) in [5.41, 5.74) is -4.53. The van der Waals surface area contributed by atoms with Gasteiger partial charge in [-0.1, -0.05) is 0 Å². The Kier molecular flexibility index (Phi) is 3.69. The summed E-state index contributed by atoms with van der Waals surface area (Å²) in [4.78, 5) is 22.7. The van der Waals surface area contributed by atoms with E-state index in [9.17, 15) is 35.9 Å². The molecule has 25 heavy (non-hydrogen) atoms. The van der Waals surface area contributed by atoms with Crippen LogP contribution in [-0.2, 0) is 6.18 Å². The lowest BCUT2D eigenvalue weighted by atomic mass is 10.1. The number of pyridine rings is 1. The molecule has 3 rings (SSSR count). The van der Waals surface area contributed by atoms with Gasteiger partial charge in [0.1, 0.15) is 11.7 Å². The Balaban J connectivity index is 2.48. The van der Waals surface area contributed by atoms with Crippen LogP contribution in [0.15, 0.2) is 17.1 Å². The van der Waals surface area contributed by atoms with Crippen LogP contribution in [0.1, 0.15) is 18.0 Å². The first-order valence-electron chi connectivity index (χ1n) is 6.71. The number of rotatable bonds is 2. The smallest absolute Gasteiger partial charge is 0.449 e. The summed E-state index contributed by atoms with van der Waals surface area (Å²) >= 11 is 0. The molecule has 11 heteroatoms. The van der Waals surface area contributed by atoms with Crippen LogP contribution in [0.25, 0.3) is 10.9 Å². The summed E-state index contributed by atoms with van der Waals surface area (Å²) in [5, 5.41) is 7.62. The molecule has 1 heterocycles. The molecule has 0 radical (unpaired) electrons. The molecule has 1 aromatic carbocycles. The molecule has 1 N–H and O–H groups in total. The van der Waals surface area contributed by atoms with E-state index in [0.29, 0.717) is 10.8 Å². The van der Waals surface area contributed by atoms with Gasteiger partial charge in [0.15, 0.2) is 17.4 Å². The van der Waals surface area contributed by atoms with Crippen molar-refractivity contribution in [3.63, 3.8) is 0 Å². The monoisotopic (exact) mass is 367 g/mol. The molecule has 0 unspecified atom stereocenters. The van der Waals surface area contributed by atoms with Gasteiger partial charge >= 0.3 is 12.3 Å². The number of hydrogen-bond acceptors (Lipinski definition) is 3. The van der Waals surface area contributed by atoms with Gasteiger partial charge in [-0.05, 0) is 6.07 Å². The molecule has 0 aliphatic heterocycles. The van der Waals surface area contributed by atoms with Gasteiger partial charge < -0.3 is 14.4 Å². The Morgan fingerprint density at radius 3 is 2.40 bits per heavy atom. The Morgan fingerprint density at radius 2 is 1.92 bits per heavy atom. The molecule has 1 saturated carbocycles. The zero-order valence-electron chi connectivity index (χ0n) is 11.9. The summed E-state index contributed by atoms with van der Waals surface area (Å²) in [6, 6.07) is -0.992. The van der Waals surface area contributed by atoms with Gasteiger partial charge in [-0.25, -0.2) is 18.0 Å². The fourth-order valence-corrected chi connectivity index (χ4v) is 2.57. The highest BCUT2D eigenvalue weighted by molar-refractivity contribution is 5.85. The van der Waals surface area contributed by atoms with Crippen LogP contribution in [0.3, 0.4) is 0 Å². The van der Waals surface area contributed by atoms with Crippen LogP contribution in [0.2, 0.25) is 0 Å². The van der Waals surface area contributed by atoms with Crippen molar-refractivity contribution in [2.75, 3.05) is 0 Å². The highest BCUT2D eigenvalue weighted by atomic mass is 19.4. The minimum Gasteiger partial charge on any atom is -0.449 e. The first-order valence-corrected chi connectivity index (χ1v) is 6.71. The first kappa shape index (κ1) is 17.1. The Morgan fingerprint density at radius 1 is 1.32 bits per heavy atom. The lowest BCUT2D eigenvalue weighted by Crippen LogP contribution is -2.21. The quantitative estimate of drug-likeness (QED) is 0.650. The third-order valence-corrected chi connectivity index (χ3v) is 3.69. The number of carboxylic acid groups (broad SMARTS) is 1. The fourth-order valence-electron chi connectivity index (χ4n) is 2.57. The van der Waals surface area contributed by atoms with Crippen molar-refractivity contribution in [3.05, 3.63) is 39.7 Å². The molecular weight excluding hydrogens is 360 g/mol. The minimum atomic E-state index is -5.38. The van der Waals surface area contributed by atoms with Crippen molar-refractivity contribution < 1.29 is 41.0 Å². The predicted molar refractivity (Wildman–Crippen MR) is 70.3 cm³/mol. The number of alkyl halides is 4. The van der Waals surface area contributed by atoms with Crippen molar-refractivity contribution in [2.24, 2.45) is 0 Å². The Labute approximate surface area is 134 Å². The second-order valence-corrected chi connectivity index (χ2v) is 5.36. The Bertz CT molecular complexity index is 951. The normalized spacial score (nSPS) is 19.9. The average Bonchev–Trinajstić information content (AvgIpc) is 3.19. The van der Waals surface area contributed by atoms with E-state index < -0.39 is 63.8 Å². The molecule has 134 valence electrons. The molecule has 5 nitrogen and oxygen atoms in total. The number of halogens is 6. The van der Waals surface area contributed by atoms with Crippen molar-refractivity contribution in [1.82, 2.24) is 4.57 Å². The molecule has 0 saturated heterocycles. The number of fused-ring (bicyclic) bond motifs is 1. The number of aromatic nitrogens is 1. The molecule has 0 bridgehead atoms. The van der Waals surface area contributed by atoms with E-state index in [-0.39, 0.29) is 12.5 Å². The van der Waals surface area contributed by atoms with E-state index >= 15 is 0 Å². The largest absolute Gasteiger partial charge is 0.511 e. The summed E-state index contributed by atoms with van der Waals surface area (Å²) in [6.45, 7) is 0. The average molecular weight is 367 g/mol. The zero-order valence-corrected chi connectivity index (χ0v) is 11.9. The second-order valence-electron chi connectivity index (χ2n) is 5.36. The van der Waals surface area contributed by atoms with Gasteiger partial charge in [-0.15, -0.1) is 0 Å². The SMILES string of the molecule is O=C(O)Oc1cn([C@@H]2C[C@@H]2F)c2c(C(F)(F)F)c(F)c(F)cc2c1=O. The first-order chi connectivity index (χ1) is 11.5. The van der Waals surface area contributed by atoms with E-state index in [1.54, 1.807) is 0 Å². The molecule has 1 fully saturated rings. The minimum absolute atomic E-state index is 0.197. The number of carbonyl (C=O) groups is 1. The standard InChI is InChI=1S/C14H7F6NO4/c15-5-2-7(5)21-3-8(25-13(23)24)12(22)4-1-6(16)10(17)9(11(4)21)14(18,19)20/h1,3,5,7H,2H2,(H,23,24)/t5-,7+/m0/s1. The van der Waals surface area contributed by atoms with E-state index in [1.165, 1.54) is 0 Å². The molecule has 2 atom stereocenters. The highest BCUT2D eigenvalue weighted by Crippen LogP contribution is 2.44.